The van der Waals surface area contributed by atoms with Gasteiger partial charge in [-0.25, -0.2) is 0 Å². The van der Waals surface area contributed by atoms with Gasteiger partial charge in [-0.05, 0) is 35.9 Å². The molecular weight excluding hydrogens is 170 g/mol. The maximum Gasteiger partial charge on any atom is -0.00226 e. The summed E-state index contributed by atoms with van der Waals surface area (Å²) in [7, 11) is 0. The van der Waals surface area contributed by atoms with Crippen LogP contribution >= 0.6 is 0 Å². The van der Waals surface area contributed by atoms with Crippen molar-refractivity contribution >= 4 is 0 Å². The van der Waals surface area contributed by atoms with Crippen LogP contribution in [0.25, 0.3) is 0 Å². The molecule has 0 unspecified atom stereocenters. The second-order valence-corrected chi connectivity index (χ2v) is 4.72. The highest BCUT2D eigenvalue weighted by molar-refractivity contribution is 5.23. The molecule has 0 aliphatic carbocycles. The van der Waals surface area contributed by atoms with Gasteiger partial charge < -0.3 is 5.73 Å². The van der Waals surface area contributed by atoms with Gasteiger partial charge in [-0.15, -0.1) is 0 Å². The lowest BCUT2D eigenvalue weighted by Crippen LogP contribution is -2.25. The first-order chi connectivity index (χ1) is 6.57. The van der Waals surface area contributed by atoms with Crippen LogP contribution in [-0.2, 0) is 12.8 Å². The fourth-order valence-electron chi connectivity index (χ4n) is 1.52. The van der Waals surface area contributed by atoms with Crippen LogP contribution in [0.1, 0.15) is 31.9 Å². The van der Waals surface area contributed by atoms with Gasteiger partial charge >= 0.3 is 0 Å². The van der Waals surface area contributed by atoms with E-state index in [0.717, 1.165) is 19.4 Å². The SMILES string of the molecule is CCc1ccc(CC(C)(C)CN)cc1. The van der Waals surface area contributed by atoms with Gasteiger partial charge in [0.25, 0.3) is 0 Å². The Hall–Kier alpha value is -0.820. The number of aryl methyl sites for hydroxylation is 1. The van der Waals surface area contributed by atoms with Crippen molar-refractivity contribution in [3.05, 3.63) is 35.4 Å². The molecule has 0 heterocycles. The number of hydrogen-bond acceptors (Lipinski definition) is 1. The molecule has 0 saturated heterocycles. The van der Waals surface area contributed by atoms with E-state index < -0.39 is 0 Å². The molecule has 0 amide bonds. The number of hydrogen-bond donors (Lipinski definition) is 1. The molecule has 0 aromatic heterocycles. The van der Waals surface area contributed by atoms with Crippen LogP contribution in [0.4, 0.5) is 0 Å². The molecule has 0 radical (unpaired) electrons. The van der Waals surface area contributed by atoms with Crippen molar-refractivity contribution < 1.29 is 0 Å². The molecule has 0 spiro atoms. The Morgan fingerprint density at radius 2 is 1.57 bits per heavy atom. The van der Waals surface area contributed by atoms with Crippen molar-refractivity contribution in [1.29, 1.82) is 0 Å². The van der Waals surface area contributed by atoms with Gasteiger partial charge in [0, 0.05) is 0 Å². The largest absolute Gasteiger partial charge is 0.330 e. The summed E-state index contributed by atoms with van der Waals surface area (Å²) in [5, 5.41) is 0. The van der Waals surface area contributed by atoms with Gasteiger partial charge in [0.1, 0.15) is 0 Å². The van der Waals surface area contributed by atoms with Gasteiger partial charge in [-0.3, -0.25) is 0 Å². The molecule has 1 nitrogen and oxygen atoms in total. The third-order valence-electron chi connectivity index (χ3n) is 2.67. The van der Waals surface area contributed by atoms with E-state index in [0.29, 0.717) is 0 Å². The molecule has 78 valence electrons. The van der Waals surface area contributed by atoms with Crippen LogP contribution in [0.2, 0.25) is 0 Å². The maximum absolute atomic E-state index is 5.71. The van der Waals surface area contributed by atoms with E-state index in [-0.39, 0.29) is 5.41 Å². The zero-order valence-corrected chi connectivity index (χ0v) is 9.51. The first-order valence-corrected chi connectivity index (χ1v) is 5.35. The quantitative estimate of drug-likeness (QED) is 0.778. The molecule has 0 fully saturated rings. The second kappa shape index (κ2) is 4.61. The summed E-state index contributed by atoms with van der Waals surface area (Å²) < 4.78 is 0. The van der Waals surface area contributed by atoms with Crippen LogP contribution in [0.5, 0.6) is 0 Å². The number of rotatable bonds is 4. The lowest BCUT2D eigenvalue weighted by molar-refractivity contribution is 0.377. The van der Waals surface area contributed by atoms with E-state index in [2.05, 4.69) is 45.0 Å². The molecule has 0 saturated carbocycles. The lowest BCUT2D eigenvalue weighted by atomic mass is 9.86. The van der Waals surface area contributed by atoms with Gasteiger partial charge in [-0.2, -0.15) is 0 Å². The van der Waals surface area contributed by atoms with E-state index in [1.54, 1.807) is 0 Å². The highest BCUT2D eigenvalue weighted by Crippen LogP contribution is 2.20. The van der Waals surface area contributed by atoms with E-state index in [1.165, 1.54) is 11.1 Å². The van der Waals surface area contributed by atoms with Crippen molar-refractivity contribution in [1.82, 2.24) is 0 Å². The first kappa shape index (κ1) is 11.3. The van der Waals surface area contributed by atoms with E-state index in [1.807, 2.05) is 0 Å². The average Bonchev–Trinajstić information content (AvgIpc) is 2.19. The zero-order valence-electron chi connectivity index (χ0n) is 9.51. The first-order valence-electron chi connectivity index (χ1n) is 5.35. The van der Waals surface area contributed by atoms with Crippen molar-refractivity contribution in [3.63, 3.8) is 0 Å². The van der Waals surface area contributed by atoms with Gasteiger partial charge in [0.05, 0.1) is 0 Å². The molecule has 0 aliphatic rings. The normalized spacial score (nSPS) is 11.7. The average molecular weight is 191 g/mol. The predicted molar refractivity (Wildman–Crippen MR) is 62.4 cm³/mol. The van der Waals surface area contributed by atoms with Crippen molar-refractivity contribution in [2.45, 2.75) is 33.6 Å². The molecule has 1 heteroatoms. The van der Waals surface area contributed by atoms with E-state index in [4.69, 9.17) is 5.73 Å². The minimum Gasteiger partial charge on any atom is -0.330 e. The fourth-order valence-corrected chi connectivity index (χ4v) is 1.52. The molecule has 1 aromatic carbocycles. The monoisotopic (exact) mass is 191 g/mol. The Balaban J connectivity index is 2.69. The summed E-state index contributed by atoms with van der Waals surface area (Å²) in [6.07, 6.45) is 2.17. The van der Waals surface area contributed by atoms with Crippen LogP contribution in [0.15, 0.2) is 24.3 Å². The number of benzene rings is 1. The summed E-state index contributed by atoms with van der Waals surface area (Å²) >= 11 is 0. The highest BCUT2D eigenvalue weighted by Gasteiger charge is 2.15. The predicted octanol–water partition coefficient (Wildman–Crippen LogP) is 2.78. The molecule has 1 aromatic rings. The maximum atomic E-state index is 5.71. The zero-order chi connectivity index (χ0) is 10.6. The summed E-state index contributed by atoms with van der Waals surface area (Å²) in [4.78, 5) is 0. The minimum atomic E-state index is 0.216. The molecule has 0 atom stereocenters. The molecule has 0 aliphatic heterocycles. The third-order valence-corrected chi connectivity index (χ3v) is 2.67. The van der Waals surface area contributed by atoms with E-state index >= 15 is 0 Å². The molecule has 2 N–H and O–H groups in total. The van der Waals surface area contributed by atoms with Crippen molar-refractivity contribution in [2.24, 2.45) is 11.1 Å². The fraction of sp³-hybridized carbons (Fsp3) is 0.538. The Bertz CT molecular complexity index is 272. The highest BCUT2D eigenvalue weighted by atomic mass is 14.6. The standard InChI is InChI=1S/C13H21N/c1-4-11-5-7-12(8-6-11)9-13(2,3)10-14/h5-8H,4,9-10,14H2,1-3H3. The second-order valence-electron chi connectivity index (χ2n) is 4.72. The smallest absolute Gasteiger partial charge is 0.00226 e. The van der Waals surface area contributed by atoms with Crippen LogP contribution < -0.4 is 5.73 Å². The van der Waals surface area contributed by atoms with Crippen molar-refractivity contribution in [3.8, 4) is 0 Å². The minimum absolute atomic E-state index is 0.216. The molecule has 1 rings (SSSR count). The summed E-state index contributed by atoms with van der Waals surface area (Å²) in [6.45, 7) is 7.34. The van der Waals surface area contributed by atoms with E-state index in [9.17, 15) is 0 Å². The summed E-state index contributed by atoms with van der Waals surface area (Å²) in [5.74, 6) is 0. The third kappa shape index (κ3) is 3.15. The topological polar surface area (TPSA) is 26.0 Å². The van der Waals surface area contributed by atoms with Crippen LogP contribution in [-0.4, -0.2) is 6.54 Å². The molecule has 14 heavy (non-hydrogen) atoms. The van der Waals surface area contributed by atoms with Gasteiger partial charge in [0.15, 0.2) is 0 Å². The Kier molecular flexibility index (Phi) is 3.70. The van der Waals surface area contributed by atoms with Gasteiger partial charge in [-0.1, -0.05) is 45.0 Å². The summed E-state index contributed by atoms with van der Waals surface area (Å²) in [5.41, 5.74) is 8.72. The number of nitrogens with two attached hydrogens (primary N) is 1. The van der Waals surface area contributed by atoms with Crippen LogP contribution in [0, 0.1) is 5.41 Å². The summed E-state index contributed by atoms with van der Waals surface area (Å²) in [6, 6.07) is 8.86. The molecular formula is C13H21N. The lowest BCUT2D eigenvalue weighted by Gasteiger charge is -2.22. The van der Waals surface area contributed by atoms with Crippen LogP contribution in [0.3, 0.4) is 0 Å². The Morgan fingerprint density at radius 3 is 2.00 bits per heavy atom. The molecule has 0 bridgehead atoms. The Labute approximate surface area is 87.3 Å². The van der Waals surface area contributed by atoms with Gasteiger partial charge in [0.2, 0.25) is 0 Å². The Morgan fingerprint density at radius 1 is 1.07 bits per heavy atom. The van der Waals surface area contributed by atoms with Crippen molar-refractivity contribution in [2.75, 3.05) is 6.54 Å².